The number of nitrogens with zero attached hydrogens (tertiary/aromatic N) is 2. The molecule has 0 radical (unpaired) electrons. The molecule has 21 heavy (non-hydrogen) atoms. The molecule has 4 heteroatoms. The highest BCUT2D eigenvalue weighted by Gasteiger charge is 2.24. The zero-order valence-electron chi connectivity index (χ0n) is 14.3. The van der Waals surface area contributed by atoms with E-state index >= 15 is 0 Å². The van der Waals surface area contributed by atoms with E-state index in [4.69, 9.17) is 4.98 Å². The Morgan fingerprint density at radius 3 is 2.71 bits per heavy atom. The van der Waals surface area contributed by atoms with Gasteiger partial charge in [0.2, 0.25) is 0 Å². The van der Waals surface area contributed by atoms with E-state index in [1.807, 2.05) is 11.3 Å². The van der Waals surface area contributed by atoms with E-state index in [-0.39, 0.29) is 0 Å². The average Bonchev–Trinajstić information content (AvgIpc) is 2.88. The van der Waals surface area contributed by atoms with Gasteiger partial charge in [0.15, 0.2) is 5.13 Å². The lowest BCUT2D eigenvalue weighted by Crippen LogP contribution is -2.37. The summed E-state index contributed by atoms with van der Waals surface area (Å²) in [4.78, 5) is 9.00. The minimum Gasteiger partial charge on any atom is -0.345 e. The third kappa shape index (κ3) is 4.19. The highest BCUT2D eigenvalue weighted by molar-refractivity contribution is 7.15. The number of piperidine rings is 1. The average molecular weight is 310 g/mol. The number of nitrogens with one attached hydrogen (secondary N) is 1. The lowest BCUT2D eigenvalue weighted by molar-refractivity contribution is 0.483. The maximum absolute atomic E-state index is 5.04. The first kappa shape index (κ1) is 16.8. The molecule has 1 aliphatic heterocycles. The Labute approximate surface area is 134 Å². The summed E-state index contributed by atoms with van der Waals surface area (Å²) in [5, 5.41) is 4.81. The Morgan fingerprint density at radius 2 is 2.10 bits per heavy atom. The van der Waals surface area contributed by atoms with Gasteiger partial charge in [-0.25, -0.2) is 4.98 Å². The first-order chi connectivity index (χ1) is 10.0. The van der Waals surface area contributed by atoms with Crippen LogP contribution in [0.25, 0.3) is 0 Å². The molecule has 2 rings (SSSR count). The van der Waals surface area contributed by atoms with Gasteiger partial charge >= 0.3 is 0 Å². The highest BCUT2D eigenvalue weighted by Crippen LogP contribution is 2.34. The standard InChI is InChI=1S/C17H31N3S/c1-6-13(4)16-15(11-18-12(2)3)21-17(19-16)20-10-8-7-9-14(20)5/h12-14,18H,6-11H2,1-5H3. The van der Waals surface area contributed by atoms with E-state index < -0.39 is 0 Å². The predicted molar refractivity (Wildman–Crippen MR) is 93.5 cm³/mol. The second kappa shape index (κ2) is 7.59. The lowest BCUT2D eigenvalue weighted by atomic mass is 10.0. The smallest absolute Gasteiger partial charge is 0.186 e. The molecule has 2 atom stereocenters. The van der Waals surface area contributed by atoms with E-state index in [0.717, 1.165) is 13.0 Å². The molecule has 1 fully saturated rings. The fourth-order valence-electron chi connectivity index (χ4n) is 2.86. The molecular formula is C17H31N3S. The maximum atomic E-state index is 5.04. The van der Waals surface area contributed by atoms with Gasteiger partial charge in [-0.05, 0) is 38.5 Å². The SMILES string of the molecule is CCC(C)c1nc(N2CCCCC2C)sc1CNC(C)C. The van der Waals surface area contributed by atoms with Gasteiger partial charge in [-0.2, -0.15) is 0 Å². The predicted octanol–water partition coefficient (Wildman–Crippen LogP) is 4.53. The van der Waals surface area contributed by atoms with E-state index in [9.17, 15) is 0 Å². The minimum atomic E-state index is 0.522. The fraction of sp³-hybridized carbons (Fsp3) is 0.824. The van der Waals surface area contributed by atoms with Gasteiger partial charge in [0, 0.05) is 30.1 Å². The largest absolute Gasteiger partial charge is 0.345 e. The Morgan fingerprint density at radius 1 is 1.33 bits per heavy atom. The molecule has 1 aromatic rings. The second-order valence-corrected chi connectivity index (χ2v) is 7.75. The summed E-state index contributed by atoms with van der Waals surface area (Å²) in [5.74, 6) is 0.555. The Balaban J connectivity index is 2.21. The molecule has 0 bridgehead atoms. The van der Waals surface area contributed by atoms with Crippen LogP contribution in [0.15, 0.2) is 0 Å². The van der Waals surface area contributed by atoms with Crippen LogP contribution in [0.5, 0.6) is 0 Å². The number of thiazole rings is 1. The van der Waals surface area contributed by atoms with Crippen LogP contribution in [0.4, 0.5) is 5.13 Å². The molecule has 2 heterocycles. The number of anilines is 1. The van der Waals surface area contributed by atoms with Gasteiger partial charge in [0.1, 0.15) is 0 Å². The van der Waals surface area contributed by atoms with Gasteiger partial charge in [0.25, 0.3) is 0 Å². The molecule has 0 aliphatic carbocycles. The number of aromatic nitrogens is 1. The van der Waals surface area contributed by atoms with Gasteiger partial charge < -0.3 is 10.2 Å². The Kier molecular flexibility index (Phi) is 6.06. The third-order valence-corrected chi connectivity index (χ3v) is 5.62. The number of hydrogen-bond acceptors (Lipinski definition) is 4. The van der Waals surface area contributed by atoms with E-state index in [1.54, 1.807) is 0 Å². The molecule has 120 valence electrons. The van der Waals surface area contributed by atoms with Crippen molar-refractivity contribution in [3.05, 3.63) is 10.6 Å². The van der Waals surface area contributed by atoms with Crippen molar-refractivity contribution in [2.75, 3.05) is 11.4 Å². The van der Waals surface area contributed by atoms with Gasteiger partial charge in [0.05, 0.1) is 5.69 Å². The van der Waals surface area contributed by atoms with E-state index in [2.05, 4.69) is 44.8 Å². The molecule has 0 amide bonds. The molecule has 0 saturated carbocycles. The van der Waals surface area contributed by atoms with Crippen LogP contribution in [0.3, 0.4) is 0 Å². The third-order valence-electron chi connectivity index (χ3n) is 4.51. The molecular weight excluding hydrogens is 278 g/mol. The van der Waals surface area contributed by atoms with Crippen molar-refractivity contribution in [1.82, 2.24) is 10.3 Å². The van der Waals surface area contributed by atoms with Crippen molar-refractivity contribution in [2.45, 2.75) is 84.8 Å². The fourth-order valence-corrected chi connectivity index (χ4v) is 4.12. The topological polar surface area (TPSA) is 28.2 Å². The number of hydrogen-bond donors (Lipinski definition) is 1. The molecule has 3 nitrogen and oxygen atoms in total. The molecule has 1 saturated heterocycles. The van der Waals surface area contributed by atoms with Crippen molar-refractivity contribution in [1.29, 1.82) is 0 Å². The first-order valence-electron chi connectivity index (χ1n) is 8.52. The zero-order valence-corrected chi connectivity index (χ0v) is 15.1. The summed E-state index contributed by atoms with van der Waals surface area (Å²) in [6.45, 7) is 13.4. The van der Waals surface area contributed by atoms with Crippen LogP contribution >= 0.6 is 11.3 Å². The first-order valence-corrected chi connectivity index (χ1v) is 9.34. The summed E-state index contributed by atoms with van der Waals surface area (Å²) < 4.78 is 0. The quantitative estimate of drug-likeness (QED) is 0.836. The Hall–Kier alpha value is -0.610. The van der Waals surface area contributed by atoms with Crippen molar-refractivity contribution in [3.8, 4) is 0 Å². The van der Waals surface area contributed by atoms with Crippen molar-refractivity contribution in [3.63, 3.8) is 0 Å². The molecule has 0 spiro atoms. The van der Waals surface area contributed by atoms with Gasteiger partial charge in [-0.1, -0.05) is 27.7 Å². The zero-order chi connectivity index (χ0) is 15.4. The van der Waals surface area contributed by atoms with Crippen molar-refractivity contribution in [2.24, 2.45) is 0 Å². The highest BCUT2D eigenvalue weighted by atomic mass is 32.1. The summed E-state index contributed by atoms with van der Waals surface area (Å²) in [6, 6.07) is 1.16. The second-order valence-electron chi connectivity index (χ2n) is 6.69. The van der Waals surface area contributed by atoms with Crippen LogP contribution in [-0.4, -0.2) is 23.6 Å². The van der Waals surface area contributed by atoms with Crippen LogP contribution in [0, 0.1) is 0 Å². The minimum absolute atomic E-state index is 0.522. The van der Waals surface area contributed by atoms with Crippen LogP contribution in [0.1, 0.15) is 76.8 Å². The number of rotatable bonds is 6. The van der Waals surface area contributed by atoms with Crippen molar-refractivity contribution >= 4 is 16.5 Å². The van der Waals surface area contributed by atoms with E-state index in [0.29, 0.717) is 18.0 Å². The maximum Gasteiger partial charge on any atom is 0.186 e. The Bertz CT molecular complexity index is 441. The van der Waals surface area contributed by atoms with Crippen LogP contribution < -0.4 is 10.2 Å². The normalized spacial score (nSPS) is 21.0. The van der Waals surface area contributed by atoms with Crippen molar-refractivity contribution < 1.29 is 0 Å². The van der Waals surface area contributed by atoms with Gasteiger partial charge in [-0.3, -0.25) is 0 Å². The molecule has 1 N–H and O–H groups in total. The van der Waals surface area contributed by atoms with Crippen LogP contribution in [0.2, 0.25) is 0 Å². The summed E-state index contributed by atoms with van der Waals surface area (Å²) in [6.07, 6.45) is 5.14. The molecule has 1 aromatic heterocycles. The molecule has 2 unspecified atom stereocenters. The molecule has 1 aliphatic rings. The summed E-state index contributed by atoms with van der Waals surface area (Å²) >= 11 is 1.91. The van der Waals surface area contributed by atoms with Crippen LogP contribution in [-0.2, 0) is 6.54 Å². The van der Waals surface area contributed by atoms with E-state index in [1.165, 1.54) is 41.5 Å². The monoisotopic (exact) mass is 309 g/mol. The molecule has 0 aromatic carbocycles. The summed E-state index contributed by atoms with van der Waals surface area (Å²) in [7, 11) is 0. The van der Waals surface area contributed by atoms with Gasteiger partial charge in [-0.15, -0.1) is 11.3 Å². The lowest BCUT2D eigenvalue weighted by Gasteiger charge is -2.33. The summed E-state index contributed by atoms with van der Waals surface area (Å²) in [5.41, 5.74) is 1.32.